The van der Waals surface area contributed by atoms with Gasteiger partial charge in [-0.05, 0) is 24.9 Å². The van der Waals surface area contributed by atoms with Crippen LogP contribution >= 0.6 is 0 Å². The van der Waals surface area contributed by atoms with Gasteiger partial charge in [0.25, 0.3) is 0 Å². The molecule has 1 aromatic carbocycles. The van der Waals surface area contributed by atoms with Crippen molar-refractivity contribution in [3.63, 3.8) is 0 Å². The van der Waals surface area contributed by atoms with Crippen LogP contribution in [0.2, 0.25) is 0 Å². The van der Waals surface area contributed by atoms with E-state index in [4.69, 9.17) is 0 Å². The van der Waals surface area contributed by atoms with Crippen LogP contribution in [-0.2, 0) is 0 Å². The number of aromatic nitrogens is 1. The maximum atomic E-state index is 12.7. The third kappa shape index (κ3) is 1.45. The number of Topliss-reactive ketones (excluding diaryl/α,β-unsaturated/α-hetero) is 1. The first-order valence-electron chi connectivity index (χ1n) is 7.17. The largest absolute Gasteiger partial charge is 0.352 e. The fourth-order valence-electron chi connectivity index (χ4n) is 3.84. The van der Waals surface area contributed by atoms with Crippen molar-refractivity contribution in [2.24, 2.45) is 11.8 Å². The standard InChI is InChI=1S/C16H18N2O/c1-2-9-8-17-13-7-11(9)16(19)15-14(13)10-5-3-4-6-12(10)18-15/h3-6,9,11,13,17-18H,2,7-8H2,1H3/t9-,11+,13+/m0/s1. The normalized spacial score (nSPS) is 29.5. The van der Waals surface area contributed by atoms with Gasteiger partial charge in [0.15, 0.2) is 5.78 Å². The molecule has 1 aliphatic carbocycles. The average Bonchev–Trinajstić information content (AvgIpc) is 2.84. The average molecular weight is 254 g/mol. The highest BCUT2D eigenvalue weighted by atomic mass is 16.1. The van der Waals surface area contributed by atoms with Crippen LogP contribution in [0.5, 0.6) is 0 Å². The maximum Gasteiger partial charge on any atom is 0.182 e. The number of ketones is 1. The molecule has 4 rings (SSSR count). The third-order valence-electron chi connectivity index (χ3n) is 4.89. The van der Waals surface area contributed by atoms with Crippen LogP contribution in [0.25, 0.3) is 10.9 Å². The fraction of sp³-hybridized carbons (Fsp3) is 0.438. The van der Waals surface area contributed by atoms with E-state index in [0.717, 1.165) is 30.6 Å². The summed E-state index contributed by atoms with van der Waals surface area (Å²) in [5, 5.41) is 4.84. The van der Waals surface area contributed by atoms with Crippen LogP contribution < -0.4 is 5.32 Å². The van der Waals surface area contributed by atoms with Crippen molar-refractivity contribution in [2.45, 2.75) is 25.8 Å². The summed E-state index contributed by atoms with van der Waals surface area (Å²) in [7, 11) is 0. The summed E-state index contributed by atoms with van der Waals surface area (Å²) in [5.41, 5.74) is 3.14. The number of nitrogens with one attached hydrogen (secondary N) is 2. The van der Waals surface area contributed by atoms with Gasteiger partial charge in [0.1, 0.15) is 0 Å². The number of carbonyl (C=O) groups is 1. The molecule has 2 N–H and O–H groups in total. The van der Waals surface area contributed by atoms with Gasteiger partial charge in [-0.3, -0.25) is 4.79 Å². The second-order valence-electron chi connectivity index (χ2n) is 5.79. The van der Waals surface area contributed by atoms with Gasteiger partial charge >= 0.3 is 0 Å². The van der Waals surface area contributed by atoms with Crippen molar-refractivity contribution in [3.05, 3.63) is 35.5 Å². The van der Waals surface area contributed by atoms with E-state index >= 15 is 0 Å². The molecule has 1 aliphatic heterocycles. The molecule has 1 fully saturated rings. The van der Waals surface area contributed by atoms with Crippen molar-refractivity contribution < 1.29 is 4.79 Å². The van der Waals surface area contributed by atoms with Crippen molar-refractivity contribution >= 4 is 16.7 Å². The first-order valence-corrected chi connectivity index (χ1v) is 7.17. The Hall–Kier alpha value is -1.61. The molecule has 0 spiro atoms. The summed E-state index contributed by atoms with van der Waals surface area (Å²) in [6, 6.07) is 8.58. The van der Waals surface area contributed by atoms with E-state index in [-0.39, 0.29) is 5.92 Å². The second-order valence-corrected chi connectivity index (χ2v) is 5.79. The molecule has 0 saturated carbocycles. The predicted octanol–water partition coefficient (Wildman–Crippen LogP) is 3.04. The van der Waals surface area contributed by atoms with E-state index in [1.54, 1.807) is 0 Å². The van der Waals surface area contributed by atoms with E-state index in [1.807, 2.05) is 12.1 Å². The maximum absolute atomic E-state index is 12.7. The van der Waals surface area contributed by atoms with Gasteiger partial charge in [-0.25, -0.2) is 0 Å². The van der Waals surface area contributed by atoms with E-state index in [2.05, 4.69) is 29.4 Å². The number of carbonyl (C=O) groups excluding carboxylic acids is 1. The Labute approximate surface area is 112 Å². The predicted molar refractivity (Wildman–Crippen MR) is 75.3 cm³/mol. The quantitative estimate of drug-likeness (QED) is 0.821. The fourth-order valence-corrected chi connectivity index (χ4v) is 3.84. The molecule has 1 aromatic heterocycles. The molecule has 3 atom stereocenters. The van der Waals surface area contributed by atoms with Crippen LogP contribution in [-0.4, -0.2) is 17.3 Å². The number of aromatic amines is 1. The van der Waals surface area contributed by atoms with Crippen LogP contribution in [0.15, 0.2) is 24.3 Å². The lowest BCUT2D eigenvalue weighted by Gasteiger charge is -2.39. The zero-order valence-electron chi connectivity index (χ0n) is 11.1. The van der Waals surface area contributed by atoms with Gasteiger partial charge in [0, 0.05) is 28.4 Å². The van der Waals surface area contributed by atoms with Crippen LogP contribution in [0, 0.1) is 11.8 Å². The Balaban J connectivity index is 1.93. The Kier molecular flexibility index (Phi) is 2.33. The number of benzene rings is 1. The Morgan fingerprint density at radius 2 is 2.16 bits per heavy atom. The minimum atomic E-state index is 0.205. The zero-order valence-corrected chi connectivity index (χ0v) is 11.1. The lowest BCUT2D eigenvalue weighted by molar-refractivity contribution is 0.0766. The van der Waals surface area contributed by atoms with Gasteiger partial charge in [-0.2, -0.15) is 0 Å². The van der Waals surface area contributed by atoms with E-state index in [0.29, 0.717) is 17.7 Å². The Morgan fingerprint density at radius 1 is 1.32 bits per heavy atom. The molecule has 2 bridgehead atoms. The summed E-state index contributed by atoms with van der Waals surface area (Å²) >= 11 is 0. The van der Waals surface area contributed by atoms with E-state index in [9.17, 15) is 4.79 Å². The Morgan fingerprint density at radius 3 is 3.00 bits per heavy atom. The molecular formula is C16H18N2O. The SMILES string of the molecule is CC[C@H]1CN[C@@H]2C[C@H]1C(=O)c1[nH]c3ccccc3c12. The third-order valence-corrected chi connectivity index (χ3v) is 4.89. The molecule has 0 amide bonds. The molecule has 2 aliphatic rings. The highest BCUT2D eigenvalue weighted by Crippen LogP contribution is 2.43. The molecule has 2 heterocycles. The molecule has 0 radical (unpaired) electrons. The Bertz CT molecular complexity index is 658. The van der Waals surface area contributed by atoms with Crippen LogP contribution in [0.1, 0.15) is 41.9 Å². The minimum absolute atomic E-state index is 0.205. The van der Waals surface area contributed by atoms with Gasteiger partial charge < -0.3 is 10.3 Å². The number of para-hydroxylation sites is 1. The lowest BCUT2D eigenvalue weighted by atomic mass is 9.72. The number of fused-ring (bicyclic) bond motifs is 6. The molecule has 1 saturated heterocycles. The molecule has 3 nitrogen and oxygen atoms in total. The van der Waals surface area contributed by atoms with Gasteiger partial charge in [-0.15, -0.1) is 0 Å². The molecular weight excluding hydrogens is 236 g/mol. The molecule has 19 heavy (non-hydrogen) atoms. The van der Waals surface area contributed by atoms with Crippen molar-refractivity contribution in [1.82, 2.24) is 10.3 Å². The summed E-state index contributed by atoms with van der Waals surface area (Å²) in [6.45, 7) is 3.15. The van der Waals surface area contributed by atoms with E-state index in [1.165, 1.54) is 10.9 Å². The number of H-pyrrole nitrogens is 1. The van der Waals surface area contributed by atoms with Gasteiger partial charge in [0.2, 0.25) is 0 Å². The number of hydrogen-bond acceptors (Lipinski definition) is 2. The van der Waals surface area contributed by atoms with Crippen LogP contribution in [0.4, 0.5) is 0 Å². The van der Waals surface area contributed by atoms with E-state index < -0.39 is 0 Å². The van der Waals surface area contributed by atoms with Crippen LogP contribution in [0.3, 0.4) is 0 Å². The highest BCUT2D eigenvalue weighted by molar-refractivity contribution is 6.05. The first-order chi connectivity index (χ1) is 9.29. The van der Waals surface area contributed by atoms with Crippen molar-refractivity contribution in [1.29, 1.82) is 0 Å². The van der Waals surface area contributed by atoms with Crippen molar-refractivity contribution in [2.75, 3.05) is 6.54 Å². The topological polar surface area (TPSA) is 44.9 Å². The second kappa shape index (κ2) is 3.94. The molecule has 3 heteroatoms. The molecule has 0 unspecified atom stereocenters. The van der Waals surface area contributed by atoms with Gasteiger partial charge in [0.05, 0.1) is 5.69 Å². The highest BCUT2D eigenvalue weighted by Gasteiger charge is 2.42. The number of rotatable bonds is 1. The number of piperidine rings is 1. The van der Waals surface area contributed by atoms with Crippen molar-refractivity contribution in [3.8, 4) is 0 Å². The summed E-state index contributed by atoms with van der Waals surface area (Å²) < 4.78 is 0. The smallest absolute Gasteiger partial charge is 0.182 e. The summed E-state index contributed by atoms with van der Waals surface area (Å²) in [6.07, 6.45) is 2.04. The molecule has 98 valence electrons. The summed E-state index contributed by atoms with van der Waals surface area (Å²) in [4.78, 5) is 16.1. The summed E-state index contributed by atoms with van der Waals surface area (Å²) in [5.74, 6) is 1.02. The van der Waals surface area contributed by atoms with Gasteiger partial charge in [-0.1, -0.05) is 31.5 Å². The molecule has 2 aromatic rings. The zero-order chi connectivity index (χ0) is 13.0. The monoisotopic (exact) mass is 254 g/mol. The first kappa shape index (κ1) is 11.2. The minimum Gasteiger partial charge on any atom is -0.352 e. The lowest BCUT2D eigenvalue weighted by Crippen LogP contribution is -2.45. The number of hydrogen-bond donors (Lipinski definition) is 2.